The molecule has 0 spiro atoms. The molecular formula is C10H8F2O2. The van der Waals surface area contributed by atoms with Gasteiger partial charge in [0, 0.05) is 6.08 Å². The van der Waals surface area contributed by atoms with Gasteiger partial charge in [-0.15, -0.1) is 0 Å². The van der Waals surface area contributed by atoms with Crippen molar-refractivity contribution in [1.29, 1.82) is 0 Å². The van der Waals surface area contributed by atoms with Crippen LogP contribution < -0.4 is 0 Å². The van der Waals surface area contributed by atoms with Crippen molar-refractivity contribution >= 4 is 12.0 Å². The largest absolute Gasteiger partial charge is 0.478 e. The van der Waals surface area contributed by atoms with Crippen LogP contribution in [-0.4, -0.2) is 11.1 Å². The zero-order valence-corrected chi connectivity index (χ0v) is 7.42. The van der Waals surface area contributed by atoms with Crippen molar-refractivity contribution in [1.82, 2.24) is 0 Å². The molecule has 14 heavy (non-hydrogen) atoms. The minimum absolute atomic E-state index is 0.0995. The molecule has 0 aromatic heterocycles. The molecule has 0 fully saturated rings. The van der Waals surface area contributed by atoms with E-state index in [1.807, 2.05) is 0 Å². The minimum Gasteiger partial charge on any atom is -0.478 e. The van der Waals surface area contributed by atoms with Crippen molar-refractivity contribution in [3.05, 3.63) is 41.0 Å². The van der Waals surface area contributed by atoms with E-state index in [2.05, 4.69) is 0 Å². The maximum atomic E-state index is 13.0. The average Bonchev–Trinajstić information content (AvgIpc) is 2.13. The maximum absolute atomic E-state index is 13.0. The van der Waals surface area contributed by atoms with Gasteiger partial charge in [-0.05, 0) is 30.2 Å². The fraction of sp³-hybridized carbons (Fsp3) is 0.100. The Morgan fingerprint density at radius 2 is 2.07 bits per heavy atom. The van der Waals surface area contributed by atoms with Crippen molar-refractivity contribution in [2.75, 3.05) is 0 Å². The standard InChI is InChI=1S/C10H8F2O2/c1-6-7(3-5-9(13)14)2-4-8(11)10(6)12/h2-5H,1H3,(H,13,14). The average molecular weight is 198 g/mol. The molecule has 0 aliphatic heterocycles. The van der Waals surface area contributed by atoms with Crippen LogP contribution in [0.1, 0.15) is 11.1 Å². The van der Waals surface area contributed by atoms with Crippen LogP contribution in [0.3, 0.4) is 0 Å². The lowest BCUT2D eigenvalue weighted by Gasteiger charge is -2.01. The molecule has 0 atom stereocenters. The van der Waals surface area contributed by atoms with Crippen molar-refractivity contribution in [2.24, 2.45) is 0 Å². The van der Waals surface area contributed by atoms with E-state index in [-0.39, 0.29) is 5.56 Å². The van der Waals surface area contributed by atoms with Crippen molar-refractivity contribution in [3.63, 3.8) is 0 Å². The number of carboxylic acid groups (broad SMARTS) is 1. The minimum atomic E-state index is -1.13. The van der Waals surface area contributed by atoms with Crippen molar-refractivity contribution in [2.45, 2.75) is 6.92 Å². The third kappa shape index (κ3) is 2.16. The zero-order chi connectivity index (χ0) is 10.7. The van der Waals surface area contributed by atoms with Gasteiger partial charge >= 0.3 is 5.97 Å². The topological polar surface area (TPSA) is 37.3 Å². The fourth-order valence-corrected chi connectivity index (χ4v) is 1.01. The van der Waals surface area contributed by atoms with Gasteiger partial charge in [0.1, 0.15) is 0 Å². The summed E-state index contributed by atoms with van der Waals surface area (Å²) in [6, 6.07) is 2.29. The summed E-state index contributed by atoms with van der Waals surface area (Å²) in [5.74, 6) is -3.01. The summed E-state index contributed by atoms with van der Waals surface area (Å²) < 4.78 is 25.6. The highest BCUT2D eigenvalue weighted by atomic mass is 19.2. The highest BCUT2D eigenvalue weighted by molar-refractivity contribution is 5.85. The molecule has 0 heterocycles. The Hall–Kier alpha value is -1.71. The number of carbonyl (C=O) groups is 1. The molecule has 1 aromatic carbocycles. The first-order valence-electron chi connectivity index (χ1n) is 3.88. The zero-order valence-electron chi connectivity index (χ0n) is 7.42. The summed E-state index contributed by atoms with van der Waals surface area (Å²) in [7, 11) is 0. The molecule has 0 bridgehead atoms. The van der Waals surface area contributed by atoms with Gasteiger partial charge in [-0.2, -0.15) is 0 Å². The Balaban J connectivity index is 3.12. The van der Waals surface area contributed by atoms with Crippen molar-refractivity contribution < 1.29 is 18.7 Å². The molecule has 0 aliphatic carbocycles. The SMILES string of the molecule is Cc1c(C=CC(=O)O)ccc(F)c1F. The van der Waals surface area contributed by atoms with Crippen LogP contribution in [0, 0.1) is 18.6 Å². The van der Waals surface area contributed by atoms with E-state index in [0.717, 1.165) is 12.1 Å². The third-order valence-electron chi connectivity index (χ3n) is 1.79. The van der Waals surface area contributed by atoms with E-state index in [0.29, 0.717) is 5.56 Å². The van der Waals surface area contributed by atoms with E-state index in [9.17, 15) is 13.6 Å². The van der Waals surface area contributed by atoms with Crippen LogP contribution in [0.15, 0.2) is 18.2 Å². The summed E-state index contributed by atoms with van der Waals surface area (Å²) in [6.07, 6.45) is 2.10. The first kappa shape index (κ1) is 10.4. The first-order valence-corrected chi connectivity index (χ1v) is 3.88. The molecule has 4 heteroatoms. The van der Waals surface area contributed by atoms with Gasteiger partial charge in [-0.25, -0.2) is 13.6 Å². The lowest BCUT2D eigenvalue weighted by atomic mass is 10.1. The quantitative estimate of drug-likeness (QED) is 0.740. The smallest absolute Gasteiger partial charge is 0.328 e. The number of hydrogen-bond acceptors (Lipinski definition) is 1. The second kappa shape index (κ2) is 4.00. The molecule has 1 rings (SSSR count). The number of aliphatic carboxylic acids is 1. The van der Waals surface area contributed by atoms with Crippen LogP contribution >= 0.6 is 0 Å². The molecule has 0 saturated heterocycles. The third-order valence-corrected chi connectivity index (χ3v) is 1.79. The van der Waals surface area contributed by atoms with Gasteiger partial charge in [0.25, 0.3) is 0 Å². The number of benzene rings is 1. The van der Waals surface area contributed by atoms with Crippen LogP contribution in [0.4, 0.5) is 8.78 Å². The lowest BCUT2D eigenvalue weighted by Crippen LogP contribution is -1.93. The number of carboxylic acids is 1. The van der Waals surface area contributed by atoms with Gasteiger partial charge in [0.05, 0.1) is 0 Å². The van der Waals surface area contributed by atoms with E-state index in [4.69, 9.17) is 5.11 Å². The second-order valence-corrected chi connectivity index (χ2v) is 2.75. The molecule has 0 saturated carbocycles. The predicted molar refractivity (Wildman–Crippen MR) is 47.8 cm³/mol. The summed E-state index contributed by atoms with van der Waals surface area (Å²) in [5, 5.41) is 8.33. The molecule has 1 aromatic rings. The monoisotopic (exact) mass is 198 g/mol. The molecule has 0 radical (unpaired) electrons. The summed E-state index contributed by atoms with van der Waals surface area (Å²) in [4.78, 5) is 10.2. The van der Waals surface area contributed by atoms with Crippen LogP contribution in [-0.2, 0) is 4.79 Å². The summed E-state index contributed by atoms with van der Waals surface area (Å²) in [6.45, 7) is 1.39. The lowest BCUT2D eigenvalue weighted by molar-refractivity contribution is -0.131. The first-order chi connectivity index (χ1) is 6.52. The second-order valence-electron chi connectivity index (χ2n) is 2.75. The Morgan fingerprint density at radius 3 is 2.64 bits per heavy atom. The van der Waals surface area contributed by atoms with E-state index < -0.39 is 17.6 Å². The van der Waals surface area contributed by atoms with E-state index in [1.165, 1.54) is 19.1 Å². The highest BCUT2D eigenvalue weighted by Crippen LogP contribution is 2.16. The van der Waals surface area contributed by atoms with Crippen LogP contribution in [0.25, 0.3) is 6.08 Å². The normalized spacial score (nSPS) is 10.8. The van der Waals surface area contributed by atoms with Gasteiger partial charge < -0.3 is 5.11 Å². The Labute approximate surface area is 79.5 Å². The molecule has 2 nitrogen and oxygen atoms in total. The van der Waals surface area contributed by atoms with Crippen LogP contribution in [0.5, 0.6) is 0 Å². The van der Waals surface area contributed by atoms with Gasteiger partial charge in [-0.1, -0.05) is 6.07 Å². The Kier molecular flexibility index (Phi) is 2.96. The fourth-order valence-electron chi connectivity index (χ4n) is 1.01. The van der Waals surface area contributed by atoms with E-state index in [1.54, 1.807) is 0 Å². The number of hydrogen-bond donors (Lipinski definition) is 1. The maximum Gasteiger partial charge on any atom is 0.328 e. The van der Waals surface area contributed by atoms with Gasteiger partial charge in [-0.3, -0.25) is 0 Å². The summed E-state index contributed by atoms with van der Waals surface area (Å²) in [5.41, 5.74) is 0.453. The predicted octanol–water partition coefficient (Wildman–Crippen LogP) is 2.37. The van der Waals surface area contributed by atoms with Crippen LogP contribution in [0.2, 0.25) is 0 Å². The van der Waals surface area contributed by atoms with Crippen molar-refractivity contribution in [3.8, 4) is 0 Å². The van der Waals surface area contributed by atoms with Gasteiger partial charge in [0.2, 0.25) is 0 Å². The Bertz CT molecular complexity index is 397. The molecule has 0 amide bonds. The molecule has 0 aliphatic rings. The highest BCUT2D eigenvalue weighted by Gasteiger charge is 2.07. The summed E-state index contributed by atoms with van der Waals surface area (Å²) >= 11 is 0. The molecule has 0 unspecified atom stereocenters. The number of halogens is 2. The Morgan fingerprint density at radius 1 is 1.43 bits per heavy atom. The number of rotatable bonds is 2. The molecule has 1 N–H and O–H groups in total. The molecular weight excluding hydrogens is 190 g/mol. The van der Waals surface area contributed by atoms with E-state index >= 15 is 0 Å². The molecule has 74 valence electrons. The van der Waals surface area contributed by atoms with Gasteiger partial charge in [0.15, 0.2) is 11.6 Å².